The number of hydrogen-bond acceptors (Lipinski definition) is 5. The number of hydrazine groups is 1. The molecule has 146 valence electrons. The van der Waals surface area contributed by atoms with Crippen molar-refractivity contribution in [1.82, 2.24) is 20.7 Å². The van der Waals surface area contributed by atoms with Crippen LogP contribution in [0, 0.1) is 5.92 Å². The number of nitrogens with zero attached hydrogens (tertiary/aromatic N) is 2. The molecule has 4 amide bonds. The van der Waals surface area contributed by atoms with Crippen molar-refractivity contribution in [1.29, 1.82) is 0 Å². The maximum Gasteiger partial charge on any atom is 0.344 e. The molecule has 3 rings (SSSR count). The summed E-state index contributed by atoms with van der Waals surface area (Å²) in [6, 6.07) is 6.24. The molecule has 0 bridgehead atoms. The van der Waals surface area contributed by atoms with Crippen molar-refractivity contribution in [3.8, 4) is 5.75 Å². The molecule has 2 aliphatic heterocycles. The highest BCUT2D eigenvalue weighted by molar-refractivity contribution is 6.08. The van der Waals surface area contributed by atoms with Gasteiger partial charge in [0.1, 0.15) is 11.3 Å². The number of imide groups is 1. The number of ether oxygens (including phenoxy) is 1. The smallest absolute Gasteiger partial charge is 0.344 e. The van der Waals surface area contributed by atoms with Gasteiger partial charge in [0, 0.05) is 0 Å². The van der Waals surface area contributed by atoms with Gasteiger partial charge in [-0.05, 0) is 56.5 Å². The lowest BCUT2D eigenvalue weighted by Crippen LogP contribution is -2.51. The summed E-state index contributed by atoms with van der Waals surface area (Å²) in [5, 5.41) is 3.44. The molecule has 0 radical (unpaired) electrons. The van der Waals surface area contributed by atoms with E-state index in [4.69, 9.17) is 4.74 Å². The Morgan fingerprint density at radius 1 is 1.26 bits per heavy atom. The number of rotatable bonds is 5. The molecule has 2 heterocycles. The number of carbonyl (C=O) groups excluding carboxylic acids is 3. The molecule has 0 unspecified atom stereocenters. The first-order valence-electron chi connectivity index (χ1n) is 9.16. The van der Waals surface area contributed by atoms with Crippen LogP contribution >= 0.6 is 0 Å². The molecule has 1 aromatic carbocycles. The molecule has 0 spiro atoms. The standard InChI is InChI=1S/C19H26N4O4/c1-13-8-10-22(11-9-13)12-16(24)21-23-17(25)19(2,20-18(23)26)14-4-6-15(27-3)7-5-14/h4-7,13H,8-12H2,1-3H3,(H,20,26)(H,21,24)/t19-/m0/s1. The molecule has 2 aliphatic rings. The Bertz CT molecular complexity index is 728. The van der Waals surface area contributed by atoms with Gasteiger partial charge < -0.3 is 10.1 Å². The van der Waals surface area contributed by atoms with Crippen molar-refractivity contribution in [2.24, 2.45) is 5.92 Å². The Kier molecular flexibility index (Phi) is 5.36. The van der Waals surface area contributed by atoms with E-state index in [0.717, 1.165) is 30.9 Å². The van der Waals surface area contributed by atoms with Crippen LogP contribution < -0.4 is 15.5 Å². The van der Waals surface area contributed by atoms with Gasteiger partial charge in [-0.25, -0.2) is 4.79 Å². The van der Waals surface area contributed by atoms with Gasteiger partial charge in [0.2, 0.25) is 0 Å². The number of hydrogen-bond donors (Lipinski definition) is 2. The topological polar surface area (TPSA) is 91.0 Å². The molecule has 2 saturated heterocycles. The first-order valence-corrected chi connectivity index (χ1v) is 9.16. The van der Waals surface area contributed by atoms with E-state index in [0.29, 0.717) is 17.2 Å². The van der Waals surface area contributed by atoms with Crippen molar-refractivity contribution >= 4 is 17.8 Å². The van der Waals surface area contributed by atoms with Gasteiger partial charge in [0.15, 0.2) is 0 Å². The highest BCUT2D eigenvalue weighted by Crippen LogP contribution is 2.29. The summed E-state index contributed by atoms with van der Waals surface area (Å²) in [7, 11) is 1.56. The van der Waals surface area contributed by atoms with E-state index in [1.807, 2.05) is 4.90 Å². The molecule has 2 fully saturated rings. The minimum Gasteiger partial charge on any atom is -0.497 e. The summed E-state index contributed by atoms with van der Waals surface area (Å²) in [6.07, 6.45) is 2.10. The zero-order chi connectivity index (χ0) is 19.6. The van der Waals surface area contributed by atoms with E-state index in [-0.39, 0.29) is 12.5 Å². The van der Waals surface area contributed by atoms with Crippen LogP contribution in [0.25, 0.3) is 0 Å². The van der Waals surface area contributed by atoms with Crippen LogP contribution in [0.3, 0.4) is 0 Å². The van der Waals surface area contributed by atoms with Crippen molar-refractivity contribution in [2.45, 2.75) is 32.2 Å². The third-order valence-corrected chi connectivity index (χ3v) is 5.34. The number of amides is 4. The van der Waals surface area contributed by atoms with E-state index >= 15 is 0 Å². The average molecular weight is 374 g/mol. The Morgan fingerprint density at radius 2 is 1.89 bits per heavy atom. The lowest BCUT2D eigenvalue weighted by molar-refractivity contribution is -0.139. The zero-order valence-corrected chi connectivity index (χ0v) is 15.9. The second-order valence-electron chi connectivity index (χ2n) is 7.42. The lowest BCUT2D eigenvalue weighted by Gasteiger charge is -2.30. The number of urea groups is 1. The van der Waals surface area contributed by atoms with Gasteiger partial charge in [-0.1, -0.05) is 19.1 Å². The monoisotopic (exact) mass is 374 g/mol. The van der Waals surface area contributed by atoms with Gasteiger partial charge in [-0.2, -0.15) is 5.01 Å². The van der Waals surface area contributed by atoms with Crippen LogP contribution in [0.5, 0.6) is 5.75 Å². The Hall–Kier alpha value is -2.61. The molecule has 0 saturated carbocycles. The summed E-state index contributed by atoms with van der Waals surface area (Å²) >= 11 is 0. The van der Waals surface area contributed by atoms with E-state index in [1.54, 1.807) is 38.3 Å². The lowest BCUT2D eigenvalue weighted by atomic mass is 9.92. The highest BCUT2D eigenvalue weighted by atomic mass is 16.5. The quantitative estimate of drug-likeness (QED) is 0.757. The largest absolute Gasteiger partial charge is 0.497 e. The van der Waals surface area contributed by atoms with Crippen molar-refractivity contribution < 1.29 is 19.1 Å². The fraction of sp³-hybridized carbons (Fsp3) is 0.526. The van der Waals surface area contributed by atoms with Gasteiger partial charge in [0.25, 0.3) is 11.8 Å². The Labute approximate surface area is 158 Å². The van der Waals surface area contributed by atoms with Crippen LogP contribution in [0.1, 0.15) is 32.3 Å². The van der Waals surface area contributed by atoms with Crippen LogP contribution in [0.15, 0.2) is 24.3 Å². The van der Waals surface area contributed by atoms with Gasteiger partial charge in [-0.3, -0.25) is 19.9 Å². The molecular formula is C19H26N4O4. The Balaban J connectivity index is 1.65. The zero-order valence-electron chi connectivity index (χ0n) is 15.9. The van der Waals surface area contributed by atoms with Crippen molar-refractivity contribution in [3.05, 3.63) is 29.8 Å². The fourth-order valence-electron chi connectivity index (χ4n) is 3.44. The first kappa shape index (κ1) is 19.2. The highest BCUT2D eigenvalue weighted by Gasteiger charge is 2.50. The molecule has 2 N–H and O–H groups in total. The SMILES string of the molecule is COc1ccc([C@]2(C)NC(=O)N(NC(=O)CN3CCC(C)CC3)C2=O)cc1. The average Bonchev–Trinajstić information content (AvgIpc) is 2.88. The Morgan fingerprint density at radius 3 is 2.48 bits per heavy atom. The molecule has 0 aliphatic carbocycles. The molecule has 1 aromatic rings. The molecule has 27 heavy (non-hydrogen) atoms. The first-order chi connectivity index (χ1) is 12.8. The molecular weight excluding hydrogens is 348 g/mol. The van der Waals surface area contributed by atoms with Crippen LogP contribution in [-0.2, 0) is 15.1 Å². The molecule has 8 nitrogen and oxygen atoms in total. The van der Waals surface area contributed by atoms with Gasteiger partial charge in [-0.15, -0.1) is 0 Å². The van der Waals surface area contributed by atoms with E-state index in [9.17, 15) is 14.4 Å². The summed E-state index contributed by atoms with van der Waals surface area (Å²) in [5.41, 5.74) is 1.83. The maximum atomic E-state index is 12.8. The maximum absolute atomic E-state index is 12.8. The van der Waals surface area contributed by atoms with E-state index in [1.165, 1.54) is 0 Å². The van der Waals surface area contributed by atoms with E-state index in [2.05, 4.69) is 17.7 Å². The predicted octanol–water partition coefficient (Wildman–Crippen LogP) is 1.23. The number of piperidine rings is 1. The van der Waals surface area contributed by atoms with Crippen molar-refractivity contribution in [2.75, 3.05) is 26.7 Å². The summed E-state index contributed by atoms with van der Waals surface area (Å²) in [5.74, 6) is 0.436. The minimum atomic E-state index is -1.24. The third-order valence-electron chi connectivity index (χ3n) is 5.34. The fourth-order valence-corrected chi connectivity index (χ4v) is 3.44. The molecule has 1 atom stereocenters. The minimum absolute atomic E-state index is 0.170. The number of carbonyl (C=O) groups is 3. The second kappa shape index (κ2) is 7.56. The number of likely N-dealkylation sites (tertiary alicyclic amines) is 1. The van der Waals surface area contributed by atoms with Crippen LogP contribution in [0.2, 0.25) is 0 Å². The van der Waals surface area contributed by atoms with Crippen LogP contribution in [0.4, 0.5) is 4.79 Å². The normalized spacial score (nSPS) is 24.0. The summed E-state index contributed by atoms with van der Waals surface area (Å²) in [4.78, 5) is 39.5. The summed E-state index contributed by atoms with van der Waals surface area (Å²) in [6.45, 7) is 5.68. The predicted molar refractivity (Wildman–Crippen MR) is 98.7 cm³/mol. The van der Waals surface area contributed by atoms with Crippen molar-refractivity contribution in [3.63, 3.8) is 0 Å². The number of benzene rings is 1. The summed E-state index contributed by atoms with van der Waals surface area (Å²) < 4.78 is 5.12. The van der Waals surface area contributed by atoms with Crippen LogP contribution in [-0.4, -0.2) is 54.5 Å². The van der Waals surface area contributed by atoms with Gasteiger partial charge >= 0.3 is 6.03 Å². The second-order valence-corrected chi connectivity index (χ2v) is 7.42. The number of nitrogens with one attached hydrogen (secondary N) is 2. The van der Waals surface area contributed by atoms with E-state index < -0.39 is 17.5 Å². The third kappa shape index (κ3) is 3.90. The van der Waals surface area contributed by atoms with Gasteiger partial charge in [0.05, 0.1) is 13.7 Å². The molecule has 0 aromatic heterocycles. The number of methoxy groups -OCH3 is 1. The molecule has 8 heteroatoms.